The van der Waals surface area contributed by atoms with Crippen LogP contribution in [0.15, 0.2) is 59.1 Å². The highest BCUT2D eigenvalue weighted by atomic mass is 32.1. The molecule has 4 aromatic rings. The second-order valence-corrected chi connectivity index (χ2v) is 8.05. The molecule has 7 heteroatoms. The van der Waals surface area contributed by atoms with Crippen molar-refractivity contribution in [3.63, 3.8) is 0 Å². The van der Waals surface area contributed by atoms with Crippen LogP contribution in [-0.4, -0.2) is 27.8 Å². The normalized spacial score (nSPS) is 11.8. The predicted octanol–water partition coefficient (Wildman–Crippen LogP) is 5.23. The van der Waals surface area contributed by atoms with E-state index in [2.05, 4.69) is 21.5 Å². The fraction of sp³-hybridized carbons (Fsp3) is 0.167. The number of Topliss-reactive ketones (excluding diaryl/α,β-unsaturated/α-hetero) is 1. The second-order valence-electron chi connectivity index (χ2n) is 7.10. The van der Waals surface area contributed by atoms with Gasteiger partial charge in [-0.1, -0.05) is 11.2 Å². The van der Waals surface area contributed by atoms with Gasteiger partial charge in [0.15, 0.2) is 0 Å². The molecule has 31 heavy (non-hydrogen) atoms. The maximum atomic E-state index is 12.8. The summed E-state index contributed by atoms with van der Waals surface area (Å²) in [6, 6.07) is 14.8. The summed E-state index contributed by atoms with van der Waals surface area (Å²) >= 11 is 1.41. The summed E-state index contributed by atoms with van der Waals surface area (Å²) in [4.78, 5) is 41.9. The van der Waals surface area contributed by atoms with Gasteiger partial charge in [-0.15, -0.1) is 11.3 Å². The third-order valence-electron chi connectivity index (χ3n) is 5.09. The van der Waals surface area contributed by atoms with Gasteiger partial charge in [-0.3, -0.25) is 9.59 Å². The summed E-state index contributed by atoms with van der Waals surface area (Å²) < 4.78 is 2.15. The molecule has 2 aromatic heterocycles. The van der Waals surface area contributed by atoms with E-state index in [1.165, 1.54) is 25.2 Å². The number of aryl methyl sites for hydroxylation is 1. The topological polar surface area (TPSA) is 77.7 Å². The predicted molar refractivity (Wildman–Crippen MR) is 122 cm³/mol. The number of carbonyl (C=O) groups is 3. The molecule has 2 aromatic carbocycles. The van der Waals surface area contributed by atoms with E-state index >= 15 is 0 Å². The van der Waals surface area contributed by atoms with Crippen molar-refractivity contribution in [1.82, 2.24) is 4.57 Å². The van der Waals surface area contributed by atoms with Crippen LogP contribution in [0.5, 0.6) is 0 Å². The summed E-state index contributed by atoms with van der Waals surface area (Å²) in [7, 11) is 0. The van der Waals surface area contributed by atoms with Crippen molar-refractivity contribution in [2.75, 3.05) is 0 Å². The molecule has 6 nitrogen and oxygen atoms in total. The Morgan fingerprint density at radius 2 is 1.61 bits per heavy atom. The zero-order chi connectivity index (χ0) is 22.1. The van der Waals surface area contributed by atoms with E-state index in [0.29, 0.717) is 16.0 Å². The van der Waals surface area contributed by atoms with Gasteiger partial charge in [-0.25, -0.2) is 4.79 Å². The van der Waals surface area contributed by atoms with E-state index in [9.17, 15) is 14.4 Å². The van der Waals surface area contributed by atoms with E-state index in [0.717, 1.165) is 28.4 Å². The molecule has 0 aliphatic heterocycles. The van der Waals surface area contributed by atoms with Crippen molar-refractivity contribution in [3.8, 4) is 0 Å². The van der Waals surface area contributed by atoms with Crippen LogP contribution in [0.1, 0.15) is 46.4 Å². The molecule has 0 fully saturated rings. The highest BCUT2D eigenvalue weighted by Crippen LogP contribution is 2.31. The number of oxime groups is 1. The molecule has 0 saturated carbocycles. The van der Waals surface area contributed by atoms with E-state index in [1.807, 2.05) is 41.8 Å². The lowest BCUT2D eigenvalue weighted by Gasteiger charge is -2.04. The summed E-state index contributed by atoms with van der Waals surface area (Å²) in [5.41, 5.74) is 3.10. The van der Waals surface area contributed by atoms with Gasteiger partial charge in [0.05, 0.1) is 4.88 Å². The molecule has 0 atom stereocenters. The first kappa shape index (κ1) is 20.7. The molecule has 0 N–H and O–H groups in total. The Morgan fingerprint density at radius 1 is 0.968 bits per heavy atom. The summed E-state index contributed by atoms with van der Waals surface area (Å²) in [6.07, 6.45) is 0. The van der Waals surface area contributed by atoms with E-state index in [1.54, 1.807) is 12.1 Å². The van der Waals surface area contributed by atoms with Crippen LogP contribution in [0.4, 0.5) is 0 Å². The zero-order valence-electron chi connectivity index (χ0n) is 17.3. The number of rotatable bonds is 6. The Bertz CT molecular complexity index is 1360. The van der Waals surface area contributed by atoms with Crippen molar-refractivity contribution in [3.05, 3.63) is 69.9 Å². The molecule has 0 aliphatic rings. The van der Waals surface area contributed by atoms with E-state index in [4.69, 9.17) is 0 Å². The second kappa shape index (κ2) is 8.28. The van der Waals surface area contributed by atoms with Crippen LogP contribution in [0.25, 0.3) is 21.8 Å². The molecule has 4 rings (SSSR count). The van der Waals surface area contributed by atoms with Crippen LogP contribution in [0.3, 0.4) is 0 Å². The van der Waals surface area contributed by atoms with Crippen LogP contribution in [-0.2, 0) is 16.2 Å². The van der Waals surface area contributed by atoms with Gasteiger partial charge in [0.25, 0.3) is 0 Å². The lowest BCUT2D eigenvalue weighted by molar-refractivity contribution is -0.140. The Balaban J connectivity index is 1.85. The van der Waals surface area contributed by atoms with Crippen LogP contribution < -0.4 is 0 Å². The number of aromatic nitrogens is 1. The molecule has 0 bridgehead atoms. The number of hydrogen-bond donors (Lipinski definition) is 0. The maximum Gasteiger partial charge on any atom is 0.331 e. The Labute approximate surface area is 182 Å². The fourth-order valence-electron chi connectivity index (χ4n) is 3.66. The molecule has 0 amide bonds. The first-order chi connectivity index (χ1) is 14.9. The number of hydrogen-bond acceptors (Lipinski definition) is 6. The minimum Gasteiger partial charge on any atom is -0.341 e. The van der Waals surface area contributed by atoms with Crippen molar-refractivity contribution in [2.45, 2.75) is 27.3 Å². The number of benzene rings is 2. The highest BCUT2D eigenvalue weighted by molar-refractivity contribution is 7.12. The lowest BCUT2D eigenvalue weighted by Crippen LogP contribution is -2.11. The average Bonchev–Trinajstić information content (AvgIpc) is 3.42. The number of carbonyl (C=O) groups excluding carboxylic acids is 3. The summed E-state index contributed by atoms with van der Waals surface area (Å²) in [6.45, 7) is 5.53. The number of nitrogens with zero attached hydrogens (tertiary/aromatic N) is 2. The Hall–Kier alpha value is -3.58. The molecule has 0 aliphatic carbocycles. The Morgan fingerprint density at radius 3 is 2.19 bits per heavy atom. The van der Waals surface area contributed by atoms with Gasteiger partial charge in [0.1, 0.15) is 5.71 Å². The molecular weight excluding hydrogens is 412 g/mol. The first-order valence-corrected chi connectivity index (χ1v) is 10.7. The molecule has 0 unspecified atom stereocenters. The monoisotopic (exact) mass is 432 g/mol. The first-order valence-electron chi connectivity index (χ1n) is 9.81. The highest BCUT2D eigenvalue weighted by Gasteiger charge is 2.17. The maximum absolute atomic E-state index is 12.8. The third-order valence-corrected chi connectivity index (χ3v) is 5.96. The van der Waals surface area contributed by atoms with Gasteiger partial charge < -0.3 is 9.40 Å². The molecule has 0 spiro atoms. The largest absolute Gasteiger partial charge is 0.341 e. The molecule has 156 valence electrons. The van der Waals surface area contributed by atoms with Gasteiger partial charge in [-0.05, 0) is 61.7 Å². The lowest BCUT2D eigenvalue weighted by atomic mass is 10.0. The summed E-state index contributed by atoms with van der Waals surface area (Å²) in [5.74, 6) is -0.936. The van der Waals surface area contributed by atoms with Gasteiger partial charge in [0, 0.05) is 46.4 Å². The van der Waals surface area contributed by atoms with Gasteiger partial charge >= 0.3 is 5.97 Å². The molecule has 2 heterocycles. The molecule has 0 saturated heterocycles. The quantitative estimate of drug-likeness (QED) is 0.181. The van der Waals surface area contributed by atoms with Crippen LogP contribution in [0.2, 0.25) is 0 Å². The third kappa shape index (κ3) is 3.80. The van der Waals surface area contributed by atoms with Crippen LogP contribution >= 0.6 is 11.3 Å². The zero-order valence-corrected chi connectivity index (χ0v) is 18.2. The minimum atomic E-state index is -0.587. The van der Waals surface area contributed by atoms with E-state index < -0.39 is 5.97 Å². The number of fused-ring (bicyclic) bond motifs is 3. The number of ketones is 2. The SMILES string of the molecule is CCn1c2ccc(C(=O)/C(C)=N/OC(C)=O)cc2c2cc(C(=O)c3cccs3)ccc21. The van der Waals surface area contributed by atoms with Gasteiger partial charge in [-0.2, -0.15) is 0 Å². The molecular formula is C24H20N2O4S. The smallest absolute Gasteiger partial charge is 0.331 e. The van der Waals surface area contributed by atoms with Crippen molar-refractivity contribution < 1.29 is 19.2 Å². The van der Waals surface area contributed by atoms with E-state index in [-0.39, 0.29) is 17.3 Å². The van der Waals surface area contributed by atoms with Gasteiger partial charge in [0.2, 0.25) is 11.6 Å². The van der Waals surface area contributed by atoms with Crippen molar-refractivity contribution in [2.24, 2.45) is 5.16 Å². The minimum absolute atomic E-state index is 0.0223. The number of thiophene rings is 1. The van der Waals surface area contributed by atoms with Crippen molar-refractivity contribution >= 4 is 56.4 Å². The fourth-order valence-corrected chi connectivity index (χ4v) is 4.35. The summed E-state index contributed by atoms with van der Waals surface area (Å²) in [5, 5.41) is 7.26. The standard InChI is InChI=1S/C24H20N2O4S/c1-4-26-20-9-7-16(23(28)14(2)25-30-15(3)27)12-18(20)19-13-17(8-10-21(19)26)24(29)22-6-5-11-31-22/h5-13H,4H2,1-3H3/b25-14+. The Kier molecular flexibility index (Phi) is 5.52. The average molecular weight is 433 g/mol. The van der Waals surface area contributed by atoms with Crippen LogP contribution in [0, 0.1) is 0 Å². The van der Waals surface area contributed by atoms with Crippen molar-refractivity contribution in [1.29, 1.82) is 0 Å². The molecule has 0 radical (unpaired) electrons.